The SMILES string of the molecule is O=C(O)[C@H](O)Cc1ccccc1C(F)(F)F. The van der Waals surface area contributed by atoms with Crippen molar-refractivity contribution in [3.05, 3.63) is 35.4 Å². The number of carbonyl (C=O) groups is 1. The van der Waals surface area contributed by atoms with Gasteiger partial charge in [-0.1, -0.05) is 18.2 Å². The van der Waals surface area contributed by atoms with Gasteiger partial charge in [0.25, 0.3) is 0 Å². The standard InChI is InChI=1S/C10H9F3O3/c11-10(12,13)7-4-2-1-3-6(7)5-8(14)9(15)16/h1-4,8,14H,5H2,(H,15,16)/t8-/m1/s1. The second-order valence-electron chi connectivity index (χ2n) is 3.21. The van der Waals surface area contributed by atoms with Gasteiger partial charge < -0.3 is 10.2 Å². The van der Waals surface area contributed by atoms with E-state index in [0.29, 0.717) is 0 Å². The molecule has 1 aromatic rings. The summed E-state index contributed by atoms with van der Waals surface area (Å²) >= 11 is 0. The van der Waals surface area contributed by atoms with Crippen LogP contribution in [0.3, 0.4) is 0 Å². The topological polar surface area (TPSA) is 57.5 Å². The van der Waals surface area contributed by atoms with Gasteiger partial charge in [0.05, 0.1) is 5.56 Å². The van der Waals surface area contributed by atoms with Crippen molar-refractivity contribution in [1.29, 1.82) is 0 Å². The summed E-state index contributed by atoms with van der Waals surface area (Å²) in [5.41, 5.74) is -1.15. The zero-order chi connectivity index (χ0) is 12.3. The number of hydrogen-bond donors (Lipinski definition) is 2. The van der Waals surface area contributed by atoms with E-state index in [2.05, 4.69) is 0 Å². The molecule has 0 heterocycles. The number of aliphatic hydroxyl groups is 1. The Morgan fingerprint density at radius 1 is 1.31 bits per heavy atom. The predicted octanol–water partition coefficient (Wildman–Crippen LogP) is 1.69. The first-order chi connectivity index (χ1) is 7.32. The summed E-state index contributed by atoms with van der Waals surface area (Å²) in [5, 5.41) is 17.4. The maximum absolute atomic E-state index is 12.5. The molecule has 1 rings (SSSR count). The molecular weight excluding hydrogens is 225 g/mol. The Morgan fingerprint density at radius 2 is 1.88 bits per heavy atom. The number of alkyl halides is 3. The molecule has 1 aromatic carbocycles. The Kier molecular flexibility index (Phi) is 3.54. The van der Waals surface area contributed by atoms with Gasteiger partial charge in [0.15, 0.2) is 6.10 Å². The maximum Gasteiger partial charge on any atom is 0.416 e. The second-order valence-corrected chi connectivity index (χ2v) is 3.21. The summed E-state index contributed by atoms with van der Waals surface area (Å²) in [4.78, 5) is 10.3. The Hall–Kier alpha value is -1.56. The molecule has 0 saturated heterocycles. The Balaban J connectivity index is 3.01. The third-order valence-electron chi connectivity index (χ3n) is 2.02. The number of halogens is 3. The molecule has 0 radical (unpaired) electrons. The van der Waals surface area contributed by atoms with Crippen LogP contribution in [-0.4, -0.2) is 22.3 Å². The number of carboxylic acids is 1. The second kappa shape index (κ2) is 4.52. The molecule has 0 fully saturated rings. The maximum atomic E-state index is 12.5. The quantitative estimate of drug-likeness (QED) is 0.836. The van der Waals surface area contributed by atoms with Gasteiger partial charge >= 0.3 is 12.1 Å². The highest BCUT2D eigenvalue weighted by atomic mass is 19.4. The van der Waals surface area contributed by atoms with Crippen LogP contribution in [0.5, 0.6) is 0 Å². The molecule has 0 aliphatic heterocycles. The molecule has 0 unspecified atom stereocenters. The van der Waals surface area contributed by atoms with Crippen LogP contribution in [0.15, 0.2) is 24.3 Å². The summed E-state index contributed by atoms with van der Waals surface area (Å²) in [7, 11) is 0. The van der Waals surface area contributed by atoms with E-state index in [-0.39, 0.29) is 5.56 Å². The Labute approximate surface area is 89.1 Å². The van der Waals surface area contributed by atoms with Gasteiger partial charge in [-0.25, -0.2) is 4.79 Å². The van der Waals surface area contributed by atoms with E-state index in [1.165, 1.54) is 12.1 Å². The van der Waals surface area contributed by atoms with Crippen LogP contribution in [0.25, 0.3) is 0 Å². The van der Waals surface area contributed by atoms with Crippen molar-refractivity contribution in [2.45, 2.75) is 18.7 Å². The number of hydrogen-bond acceptors (Lipinski definition) is 2. The first-order valence-electron chi connectivity index (χ1n) is 4.38. The van der Waals surface area contributed by atoms with Gasteiger partial charge in [-0.2, -0.15) is 13.2 Å². The van der Waals surface area contributed by atoms with Crippen molar-refractivity contribution >= 4 is 5.97 Å². The highest BCUT2D eigenvalue weighted by Gasteiger charge is 2.33. The third-order valence-corrected chi connectivity index (χ3v) is 2.02. The monoisotopic (exact) mass is 234 g/mol. The van der Waals surface area contributed by atoms with Gasteiger partial charge in [0.2, 0.25) is 0 Å². The molecule has 0 aromatic heterocycles. The van der Waals surface area contributed by atoms with Crippen molar-refractivity contribution in [2.24, 2.45) is 0 Å². The first-order valence-corrected chi connectivity index (χ1v) is 4.38. The Bertz CT molecular complexity index is 387. The van der Waals surface area contributed by atoms with Gasteiger partial charge in [-0.3, -0.25) is 0 Å². The smallest absolute Gasteiger partial charge is 0.416 e. The summed E-state index contributed by atoms with van der Waals surface area (Å²) in [6, 6.07) is 4.57. The first kappa shape index (κ1) is 12.5. The van der Waals surface area contributed by atoms with Crippen molar-refractivity contribution in [3.63, 3.8) is 0 Å². The molecule has 0 spiro atoms. The van der Waals surface area contributed by atoms with Gasteiger partial charge in [0.1, 0.15) is 0 Å². The van der Waals surface area contributed by atoms with Crippen LogP contribution in [0.2, 0.25) is 0 Å². The van der Waals surface area contributed by atoms with Crippen molar-refractivity contribution < 1.29 is 28.2 Å². The number of carboxylic acid groups (broad SMARTS) is 1. The number of rotatable bonds is 3. The van der Waals surface area contributed by atoms with Crippen molar-refractivity contribution in [2.75, 3.05) is 0 Å². The summed E-state index contributed by atoms with van der Waals surface area (Å²) < 4.78 is 37.4. The zero-order valence-corrected chi connectivity index (χ0v) is 8.03. The minimum atomic E-state index is -4.55. The van der Waals surface area contributed by atoms with Crippen LogP contribution in [-0.2, 0) is 17.4 Å². The van der Waals surface area contributed by atoms with Crippen LogP contribution in [0, 0.1) is 0 Å². The van der Waals surface area contributed by atoms with Crippen LogP contribution >= 0.6 is 0 Å². The third kappa shape index (κ3) is 2.96. The molecule has 2 N–H and O–H groups in total. The van der Waals surface area contributed by atoms with E-state index in [9.17, 15) is 18.0 Å². The van der Waals surface area contributed by atoms with E-state index < -0.39 is 30.2 Å². The minimum absolute atomic E-state index is 0.232. The lowest BCUT2D eigenvalue weighted by atomic mass is 10.0. The fraction of sp³-hybridized carbons (Fsp3) is 0.300. The molecular formula is C10H9F3O3. The fourth-order valence-electron chi connectivity index (χ4n) is 1.27. The lowest BCUT2D eigenvalue weighted by Gasteiger charge is -2.13. The molecule has 6 heteroatoms. The van der Waals surface area contributed by atoms with Gasteiger partial charge in [-0.15, -0.1) is 0 Å². The molecule has 0 aliphatic carbocycles. The van der Waals surface area contributed by atoms with E-state index in [1.54, 1.807) is 0 Å². The van der Waals surface area contributed by atoms with E-state index in [0.717, 1.165) is 12.1 Å². The van der Waals surface area contributed by atoms with Crippen LogP contribution in [0.1, 0.15) is 11.1 Å². The molecule has 0 aliphatic rings. The summed E-state index contributed by atoms with van der Waals surface area (Å²) in [6.45, 7) is 0. The predicted molar refractivity (Wildman–Crippen MR) is 48.8 cm³/mol. The number of aliphatic carboxylic acids is 1. The zero-order valence-electron chi connectivity index (χ0n) is 8.03. The minimum Gasteiger partial charge on any atom is -0.479 e. The van der Waals surface area contributed by atoms with Crippen molar-refractivity contribution in [1.82, 2.24) is 0 Å². The van der Waals surface area contributed by atoms with E-state index in [4.69, 9.17) is 10.2 Å². The average Bonchev–Trinajstić information content (AvgIpc) is 2.16. The van der Waals surface area contributed by atoms with Crippen LogP contribution in [0.4, 0.5) is 13.2 Å². The summed E-state index contributed by atoms with van der Waals surface area (Å²) in [6.07, 6.45) is -6.94. The fourth-order valence-corrected chi connectivity index (χ4v) is 1.27. The number of aliphatic hydroxyl groups excluding tert-OH is 1. The molecule has 0 bridgehead atoms. The molecule has 0 saturated carbocycles. The van der Waals surface area contributed by atoms with Gasteiger partial charge in [0, 0.05) is 6.42 Å². The van der Waals surface area contributed by atoms with Crippen molar-refractivity contribution in [3.8, 4) is 0 Å². The lowest BCUT2D eigenvalue weighted by molar-refractivity contribution is -0.147. The molecule has 0 amide bonds. The van der Waals surface area contributed by atoms with E-state index >= 15 is 0 Å². The molecule has 3 nitrogen and oxygen atoms in total. The average molecular weight is 234 g/mol. The van der Waals surface area contributed by atoms with Gasteiger partial charge in [-0.05, 0) is 11.6 Å². The number of benzene rings is 1. The molecule has 16 heavy (non-hydrogen) atoms. The normalized spacial score (nSPS) is 13.5. The largest absolute Gasteiger partial charge is 0.479 e. The summed E-state index contributed by atoms with van der Waals surface area (Å²) in [5.74, 6) is -1.54. The van der Waals surface area contributed by atoms with Crippen LogP contribution < -0.4 is 0 Å². The molecule has 88 valence electrons. The molecule has 1 atom stereocenters. The lowest BCUT2D eigenvalue weighted by Crippen LogP contribution is -2.23. The Morgan fingerprint density at radius 3 is 2.38 bits per heavy atom. The highest BCUT2D eigenvalue weighted by Crippen LogP contribution is 2.32. The van der Waals surface area contributed by atoms with E-state index in [1.807, 2.05) is 0 Å². The highest BCUT2D eigenvalue weighted by molar-refractivity contribution is 5.72.